The molecule has 8 heteroatoms. The summed E-state index contributed by atoms with van der Waals surface area (Å²) in [7, 11) is 0. The molecule has 1 heterocycles. The zero-order chi connectivity index (χ0) is 31.2. The Bertz CT molecular complexity index is 937. The van der Waals surface area contributed by atoms with E-state index in [4.69, 9.17) is 10.5 Å². The molecule has 3 rings (SSSR count). The smallest absolute Gasteiger partial charge is 0.308 e. The number of allylic oxidation sites excluding steroid dienone is 2. The van der Waals surface area contributed by atoms with Crippen LogP contribution in [0.25, 0.3) is 5.73 Å². The number of carboxylic acids is 1. The maximum Gasteiger partial charge on any atom is 0.308 e. The van der Waals surface area contributed by atoms with Gasteiger partial charge in [0.25, 0.3) is 0 Å². The lowest BCUT2D eigenvalue weighted by molar-refractivity contribution is -0.159. The number of nitriles is 1. The molecule has 0 aromatic heterocycles. The van der Waals surface area contributed by atoms with Crippen molar-refractivity contribution in [1.82, 2.24) is 0 Å². The van der Waals surface area contributed by atoms with E-state index in [2.05, 4.69) is 19.9 Å². The van der Waals surface area contributed by atoms with Gasteiger partial charge in [0.2, 0.25) is 0 Å². The molecule has 42 heavy (non-hydrogen) atoms. The molecule has 0 aromatic carbocycles. The van der Waals surface area contributed by atoms with Gasteiger partial charge in [-0.1, -0.05) is 78.4 Å². The SMILES string of the molecule is C[C@@H]1C[C@H](C)C[C@H](C)[C@@H](O)CC(=O)O[C@H]([C@@H]2CCC[C@H]2C(=O)O)C/C=C/C=C(/C#N)[C@H](O)[C@@H](C)C1.[NH-]C1CCCCC1. The van der Waals surface area contributed by atoms with Crippen LogP contribution in [0.3, 0.4) is 0 Å². The van der Waals surface area contributed by atoms with E-state index in [1.165, 1.54) is 19.3 Å². The number of cyclic esters (lactones) is 1. The van der Waals surface area contributed by atoms with Crippen molar-refractivity contribution >= 4 is 11.9 Å². The highest BCUT2D eigenvalue weighted by Gasteiger charge is 2.39. The number of nitrogens with one attached hydrogen (secondary N) is 1. The largest absolute Gasteiger partial charge is 0.675 e. The minimum Gasteiger partial charge on any atom is -0.675 e. The number of carboxylic acid groups (broad SMARTS) is 1. The highest BCUT2D eigenvalue weighted by Crippen LogP contribution is 2.37. The Morgan fingerprint density at radius 3 is 2.17 bits per heavy atom. The van der Waals surface area contributed by atoms with Gasteiger partial charge in [-0.05, 0) is 61.9 Å². The molecule has 0 saturated heterocycles. The third kappa shape index (κ3) is 12.2. The van der Waals surface area contributed by atoms with Gasteiger partial charge < -0.3 is 25.8 Å². The molecule has 9 atom stereocenters. The summed E-state index contributed by atoms with van der Waals surface area (Å²) in [6.07, 6.45) is 13.6. The number of nitrogens with zero attached hydrogens (tertiary/aromatic N) is 1. The topological polar surface area (TPSA) is 152 Å². The molecule has 0 unspecified atom stereocenters. The number of carbonyl (C=O) groups excluding carboxylic acids is 1. The first kappa shape index (κ1) is 36.0. The van der Waals surface area contributed by atoms with Crippen LogP contribution in [0, 0.1) is 46.8 Å². The number of carbonyl (C=O) groups is 2. The van der Waals surface area contributed by atoms with E-state index in [1.807, 2.05) is 13.8 Å². The minimum absolute atomic E-state index is 0.0816. The van der Waals surface area contributed by atoms with Gasteiger partial charge in [0.1, 0.15) is 6.10 Å². The summed E-state index contributed by atoms with van der Waals surface area (Å²) in [6, 6.07) is 2.39. The van der Waals surface area contributed by atoms with E-state index in [1.54, 1.807) is 18.2 Å². The Morgan fingerprint density at radius 1 is 0.952 bits per heavy atom. The molecule has 4 N–H and O–H groups in total. The van der Waals surface area contributed by atoms with Crippen molar-refractivity contribution in [2.75, 3.05) is 0 Å². The van der Waals surface area contributed by atoms with Crippen LogP contribution in [0.1, 0.15) is 111 Å². The van der Waals surface area contributed by atoms with E-state index < -0.39 is 36.2 Å². The van der Waals surface area contributed by atoms with Crippen LogP contribution in [0.4, 0.5) is 0 Å². The molecule has 3 aliphatic rings. The lowest BCUT2D eigenvalue weighted by atomic mass is 9.82. The first-order valence-electron chi connectivity index (χ1n) is 16.2. The van der Waals surface area contributed by atoms with Crippen molar-refractivity contribution in [3.8, 4) is 6.07 Å². The summed E-state index contributed by atoms with van der Waals surface area (Å²) in [4.78, 5) is 24.5. The maximum absolute atomic E-state index is 12.7. The average Bonchev–Trinajstić information content (AvgIpc) is 3.42. The van der Waals surface area contributed by atoms with Crippen molar-refractivity contribution in [2.24, 2.45) is 35.5 Å². The molecule has 8 nitrogen and oxygen atoms in total. The van der Waals surface area contributed by atoms with Crippen molar-refractivity contribution in [2.45, 2.75) is 136 Å². The highest BCUT2D eigenvalue weighted by molar-refractivity contribution is 5.72. The summed E-state index contributed by atoms with van der Waals surface area (Å²) < 4.78 is 5.77. The number of aliphatic hydroxyl groups is 2. The van der Waals surface area contributed by atoms with Crippen LogP contribution in [0.5, 0.6) is 0 Å². The predicted molar refractivity (Wildman–Crippen MR) is 164 cm³/mol. The second-order valence-corrected chi connectivity index (χ2v) is 13.4. The van der Waals surface area contributed by atoms with E-state index in [-0.39, 0.29) is 35.8 Å². The van der Waals surface area contributed by atoms with Gasteiger partial charge in [-0.2, -0.15) is 5.26 Å². The molecule has 0 bridgehead atoms. The van der Waals surface area contributed by atoms with Gasteiger partial charge >= 0.3 is 11.9 Å². The van der Waals surface area contributed by atoms with Crippen molar-refractivity contribution < 1.29 is 29.6 Å². The standard InChI is InChI=1S/C28H43NO6.C6H12N/c1-17-12-18(2)14-20(4)27(32)21(16-29)8-5-6-11-25(22-9-7-10-23(22)28(33)34)35-26(31)15-24(30)19(3)13-17;7-6-4-2-1-3-5-6/h5-6,8,17-20,22-25,27,30,32H,7,9-15H2,1-4H3,(H,33,34);6-7H,1-5H2/q;-1/b6-5+,21-8-;/t17-,18+,19-,20-,22+,23+,24-,25-,27+;/m0./s1. The van der Waals surface area contributed by atoms with Crippen LogP contribution in [-0.2, 0) is 14.3 Å². The van der Waals surface area contributed by atoms with Gasteiger partial charge in [0, 0.05) is 12.3 Å². The molecule has 2 aliphatic carbocycles. The van der Waals surface area contributed by atoms with Gasteiger partial charge in [-0.15, -0.1) is 6.04 Å². The van der Waals surface area contributed by atoms with E-state index >= 15 is 0 Å². The molecule has 2 fully saturated rings. The second kappa shape index (κ2) is 18.5. The van der Waals surface area contributed by atoms with Gasteiger partial charge in [0.05, 0.1) is 36.2 Å². The molecule has 0 spiro atoms. The summed E-state index contributed by atoms with van der Waals surface area (Å²) in [6.45, 7) is 8.16. The van der Waals surface area contributed by atoms with Crippen LogP contribution in [0.15, 0.2) is 23.8 Å². The van der Waals surface area contributed by atoms with Gasteiger partial charge in [-0.3, -0.25) is 9.59 Å². The fraction of sp³-hybridized carbons (Fsp3) is 0.794. The number of rotatable bonds is 2. The monoisotopic (exact) mass is 587 g/mol. The Kier molecular flexibility index (Phi) is 15.8. The molecule has 238 valence electrons. The Labute approximate surface area is 253 Å². The zero-order valence-electron chi connectivity index (χ0n) is 26.2. The lowest BCUT2D eigenvalue weighted by Crippen LogP contribution is -2.34. The second-order valence-electron chi connectivity index (χ2n) is 13.4. The van der Waals surface area contributed by atoms with E-state index in [0.717, 1.165) is 38.5 Å². The van der Waals surface area contributed by atoms with Crippen molar-refractivity contribution in [3.05, 3.63) is 29.5 Å². The highest BCUT2D eigenvalue weighted by atomic mass is 16.5. The number of esters is 1. The normalized spacial score (nSPS) is 38.3. The third-order valence-corrected chi connectivity index (χ3v) is 9.40. The summed E-state index contributed by atoms with van der Waals surface area (Å²) in [5, 5.41) is 40.6. The summed E-state index contributed by atoms with van der Waals surface area (Å²) in [5.74, 6) is -1.77. The summed E-state index contributed by atoms with van der Waals surface area (Å²) in [5.41, 5.74) is 7.55. The fourth-order valence-corrected chi connectivity index (χ4v) is 7.07. The van der Waals surface area contributed by atoms with Crippen LogP contribution >= 0.6 is 0 Å². The first-order valence-corrected chi connectivity index (χ1v) is 16.2. The van der Waals surface area contributed by atoms with Crippen molar-refractivity contribution in [1.29, 1.82) is 5.26 Å². The zero-order valence-corrected chi connectivity index (χ0v) is 26.2. The molecule has 1 aliphatic heterocycles. The van der Waals surface area contributed by atoms with Crippen molar-refractivity contribution in [3.63, 3.8) is 0 Å². The number of hydrogen-bond acceptors (Lipinski definition) is 6. The number of ether oxygens (including phenoxy) is 1. The van der Waals surface area contributed by atoms with E-state index in [0.29, 0.717) is 31.1 Å². The number of hydrogen-bond donors (Lipinski definition) is 3. The number of aliphatic hydroxyl groups excluding tert-OH is 2. The molecule has 0 radical (unpaired) electrons. The molecule has 0 amide bonds. The molecule has 2 saturated carbocycles. The van der Waals surface area contributed by atoms with Gasteiger partial charge in [-0.25, -0.2) is 0 Å². The number of aliphatic carboxylic acids is 1. The Morgan fingerprint density at radius 2 is 1.60 bits per heavy atom. The lowest BCUT2D eigenvalue weighted by Gasteiger charge is -2.28. The Hall–Kier alpha value is -2.21. The van der Waals surface area contributed by atoms with E-state index in [9.17, 15) is 30.2 Å². The predicted octanol–water partition coefficient (Wildman–Crippen LogP) is 7.01. The first-order chi connectivity index (χ1) is 19.9. The molecular formula is C34H55N2O6-. The molecular weight excluding hydrogens is 532 g/mol. The fourth-order valence-electron chi connectivity index (χ4n) is 7.07. The van der Waals surface area contributed by atoms with Crippen LogP contribution < -0.4 is 0 Å². The molecule has 0 aromatic rings. The third-order valence-electron chi connectivity index (χ3n) is 9.40. The summed E-state index contributed by atoms with van der Waals surface area (Å²) >= 11 is 0. The average molecular weight is 588 g/mol. The van der Waals surface area contributed by atoms with Crippen LogP contribution in [0.2, 0.25) is 0 Å². The quantitative estimate of drug-likeness (QED) is 0.294. The Balaban J connectivity index is 0.000000766. The minimum atomic E-state index is -0.882. The maximum atomic E-state index is 12.7. The van der Waals surface area contributed by atoms with Crippen LogP contribution in [-0.4, -0.2) is 51.6 Å². The van der Waals surface area contributed by atoms with Gasteiger partial charge in [0.15, 0.2) is 0 Å².